The molecule has 0 aliphatic heterocycles. The van der Waals surface area contributed by atoms with E-state index in [0.29, 0.717) is 13.1 Å². The van der Waals surface area contributed by atoms with Crippen molar-refractivity contribution in [1.82, 2.24) is 9.88 Å². The molecule has 1 heterocycles. The standard InChI is InChI=1S/C22H22N2O/c1-2-24(17-18-11-5-3-6-12-18)22(25)21(19-13-7-4-8-14-19)20-15-9-10-16-23-20/h3-16,21H,2,17H2,1H3. The summed E-state index contributed by atoms with van der Waals surface area (Å²) in [6.45, 7) is 3.28. The minimum atomic E-state index is -0.383. The van der Waals surface area contributed by atoms with Gasteiger partial charge in [-0.15, -0.1) is 0 Å². The van der Waals surface area contributed by atoms with Gasteiger partial charge in [0.1, 0.15) is 5.92 Å². The number of benzene rings is 2. The van der Waals surface area contributed by atoms with Crippen LogP contribution in [0.1, 0.15) is 29.7 Å². The molecule has 1 atom stereocenters. The van der Waals surface area contributed by atoms with Gasteiger partial charge >= 0.3 is 0 Å². The van der Waals surface area contributed by atoms with Crippen LogP contribution in [0.2, 0.25) is 0 Å². The van der Waals surface area contributed by atoms with E-state index in [1.165, 1.54) is 0 Å². The number of pyridine rings is 1. The number of rotatable bonds is 6. The van der Waals surface area contributed by atoms with Crippen molar-refractivity contribution in [2.75, 3.05) is 6.54 Å². The van der Waals surface area contributed by atoms with Gasteiger partial charge in [0.05, 0.1) is 5.69 Å². The van der Waals surface area contributed by atoms with E-state index in [9.17, 15) is 4.79 Å². The van der Waals surface area contributed by atoms with Crippen molar-refractivity contribution >= 4 is 5.91 Å². The second-order valence-electron chi connectivity index (χ2n) is 5.94. The Labute approximate surface area is 149 Å². The monoisotopic (exact) mass is 330 g/mol. The van der Waals surface area contributed by atoms with Crippen molar-refractivity contribution in [3.8, 4) is 0 Å². The van der Waals surface area contributed by atoms with Crippen LogP contribution >= 0.6 is 0 Å². The summed E-state index contributed by atoms with van der Waals surface area (Å²) in [5, 5.41) is 0. The molecule has 3 aromatic rings. The number of carbonyl (C=O) groups is 1. The fraction of sp³-hybridized carbons (Fsp3) is 0.182. The topological polar surface area (TPSA) is 33.2 Å². The largest absolute Gasteiger partial charge is 0.338 e. The van der Waals surface area contributed by atoms with Gasteiger partial charge in [-0.2, -0.15) is 0 Å². The number of amides is 1. The van der Waals surface area contributed by atoms with Crippen LogP contribution in [0.4, 0.5) is 0 Å². The lowest BCUT2D eigenvalue weighted by Crippen LogP contribution is -2.35. The first kappa shape index (κ1) is 16.9. The summed E-state index contributed by atoms with van der Waals surface area (Å²) in [6, 6.07) is 25.7. The molecule has 3 rings (SSSR count). The molecule has 3 nitrogen and oxygen atoms in total. The summed E-state index contributed by atoms with van der Waals surface area (Å²) < 4.78 is 0. The first-order chi connectivity index (χ1) is 12.3. The van der Waals surface area contributed by atoms with Gasteiger partial charge in [-0.1, -0.05) is 66.7 Å². The molecule has 126 valence electrons. The number of hydrogen-bond donors (Lipinski definition) is 0. The average Bonchev–Trinajstić information content (AvgIpc) is 2.69. The molecule has 1 amide bonds. The summed E-state index contributed by atoms with van der Waals surface area (Å²) in [5.41, 5.74) is 2.88. The normalized spacial score (nSPS) is 11.7. The third-order valence-electron chi connectivity index (χ3n) is 4.27. The van der Waals surface area contributed by atoms with Gasteiger partial charge in [0.25, 0.3) is 0 Å². The molecule has 3 heteroatoms. The van der Waals surface area contributed by atoms with Crippen molar-refractivity contribution in [3.05, 3.63) is 102 Å². The van der Waals surface area contributed by atoms with E-state index in [1.807, 2.05) is 90.7 Å². The van der Waals surface area contributed by atoms with Gasteiger partial charge in [0, 0.05) is 19.3 Å². The van der Waals surface area contributed by atoms with E-state index in [0.717, 1.165) is 16.8 Å². The number of hydrogen-bond acceptors (Lipinski definition) is 2. The molecule has 1 aromatic heterocycles. The molecule has 0 radical (unpaired) electrons. The molecule has 1 unspecified atom stereocenters. The first-order valence-corrected chi connectivity index (χ1v) is 8.58. The molecule has 0 bridgehead atoms. The quantitative estimate of drug-likeness (QED) is 0.676. The molecule has 25 heavy (non-hydrogen) atoms. The summed E-state index contributed by atoms with van der Waals surface area (Å²) >= 11 is 0. The Kier molecular flexibility index (Phi) is 5.57. The molecule has 0 aliphatic rings. The van der Waals surface area contributed by atoms with Crippen LogP contribution in [0.25, 0.3) is 0 Å². The van der Waals surface area contributed by atoms with Crippen LogP contribution in [0.5, 0.6) is 0 Å². The lowest BCUT2D eigenvalue weighted by Gasteiger charge is -2.26. The van der Waals surface area contributed by atoms with Crippen LogP contribution < -0.4 is 0 Å². The predicted molar refractivity (Wildman–Crippen MR) is 100 cm³/mol. The molecule has 2 aromatic carbocycles. The number of nitrogens with zero attached hydrogens (tertiary/aromatic N) is 2. The average molecular weight is 330 g/mol. The fourth-order valence-corrected chi connectivity index (χ4v) is 2.96. The summed E-state index contributed by atoms with van der Waals surface area (Å²) in [6.07, 6.45) is 1.74. The predicted octanol–water partition coefficient (Wildman–Crippen LogP) is 4.26. The van der Waals surface area contributed by atoms with Gasteiger partial charge in [0.15, 0.2) is 0 Å². The Morgan fingerprint density at radius 2 is 1.56 bits per heavy atom. The fourth-order valence-electron chi connectivity index (χ4n) is 2.96. The van der Waals surface area contributed by atoms with Crippen LogP contribution in [0, 0.1) is 0 Å². The molecule has 0 saturated heterocycles. The van der Waals surface area contributed by atoms with Crippen LogP contribution in [-0.2, 0) is 11.3 Å². The van der Waals surface area contributed by atoms with E-state index in [4.69, 9.17) is 0 Å². The second kappa shape index (κ2) is 8.25. The maximum Gasteiger partial charge on any atom is 0.236 e. The van der Waals surface area contributed by atoms with Gasteiger partial charge in [-0.25, -0.2) is 0 Å². The highest BCUT2D eigenvalue weighted by Crippen LogP contribution is 2.26. The maximum absolute atomic E-state index is 13.4. The molecule has 0 spiro atoms. The van der Waals surface area contributed by atoms with Crippen molar-refractivity contribution in [2.24, 2.45) is 0 Å². The van der Waals surface area contributed by atoms with Crippen molar-refractivity contribution in [2.45, 2.75) is 19.4 Å². The summed E-state index contributed by atoms with van der Waals surface area (Å²) in [4.78, 5) is 19.7. The zero-order valence-corrected chi connectivity index (χ0v) is 14.4. The Hall–Kier alpha value is -2.94. The molecular formula is C22H22N2O. The third-order valence-corrected chi connectivity index (χ3v) is 4.27. The molecular weight excluding hydrogens is 308 g/mol. The minimum absolute atomic E-state index is 0.0799. The zero-order chi connectivity index (χ0) is 17.5. The van der Waals surface area contributed by atoms with Crippen molar-refractivity contribution in [1.29, 1.82) is 0 Å². The lowest BCUT2D eigenvalue weighted by molar-refractivity contribution is -0.132. The second-order valence-corrected chi connectivity index (χ2v) is 5.94. The molecule has 0 aliphatic carbocycles. The van der Waals surface area contributed by atoms with Crippen molar-refractivity contribution in [3.63, 3.8) is 0 Å². The Morgan fingerprint density at radius 1 is 0.920 bits per heavy atom. The summed E-state index contributed by atoms with van der Waals surface area (Å²) in [5.74, 6) is -0.303. The van der Waals surface area contributed by atoms with E-state index >= 15 is 0 Å². The van der Waals surface area contributed by atoms with Gasteiger partial charge in [-0.05, 0) is 30.2 Å². The smallest absolute Gasteiger partial charge is 0.236 e. The Bertz CT molecular complexity index is 749. The highest BCUT2D eigenvalue weighted by Gasteiger charge is 2.27. The first-order valence-electron chi connectivity index (χ1n) is 8.58. The zero-order valence-electron chi connectivity index (χ0n) is 14.4. The van der Waals surface area contributed by atoms with E-state index in [1.54, 1.807) is 6.20 Å². The number of aromatic nitrogens is 1. The lowest BCUT2D eigenvalue weighted by atomic mass is 9.93. The summed E-state index contributed by atoms with van der Waals surface area (Å²) in [7, 11) is 0. The van der Waals surface area contributed by atoms with Gasteiger partial charge < -0.3 is 4.90 Å². The van der Waals surface area contributed by atoms with E-state index in [-0.39, 0.29) is 11.8 Å². The third kappa shape index (κ3) is 4.13. The van der Waals surface area contributed by atoms with E-state index < -0.39 is 0 Å². The van der Waals surface area contributed by atoms with E-state index in [2.05, 4.69) is 4.98 Å². The van der Waals surface area contributed by atoms with Crippen LogP contribution in [0.15, 0.2) is 85.1 Å². The highest BCUT2D eigenvalue weighted by molar-refractivity contribution is 5.86. The van der Waals surface area contributed by atoms with Gasteiger partial charge in [-0.3, -0.25) is 9.78 Å². The maximum atomic E-state index is 13.4. The Balaban J connectivity index is 1.93. The van der Waals surface area contributed by atoms with Crippen LogP contribution in [0.3, 0.4) is 0 Å². The van der Waals surface area contributed by atoms with Crippen LogP contribution in [-0.4, -0.2) is 22.3 Å². The number of likely N-dealkylation sites (N-methyl/N-ethyl adjacent to an activating group) is 1. The molecule has 0 fully saturated rings. The molecule has 0 saturated carbocycles. The van der Waals surface area contributed by atoms with Crippen molar-refractivity contribution < 1.29 is 4.79 Å². The SMILES string of the molecule is CCN(Cc1ccccc1)C(=O)C(c1ccccc1)c1ccccn1. The highest BCUT2D eigenvalue weighted by atomic mass is 16.2. The van der Waals surface area contributed by atoms with Gasteiger partial charge in [0.2, 0.25) is 5.91 Å². The Morgan fingerprint density at radius 3 is 2.16 bits per heavy atom. The minimum Gasteiger partial charge on any atom is -0.338 e. The molecule has 0 N–H and O–H groups in total. The number of carbonyl (C=O) groups excluding carboxylic acids is 1.